The summed E-state index contributed by atoms with van der Waals surface area (Å²) in [6.07, 6.45) is 7.29. The molecule has 0 amide bonds. The van der Waals surface area contributed by atoms with E-state index in [1.165, 1.54) is 32.1 Å². The van der Waals surface area contributed by atoms with Gasteiger partial charge in [0.05, 0.1) is 0 Å². The van der Waals surface area contributed by atoms with Crippen LogP contribution in [0.4, 0.5) is 0 Å². The molecule has 2 saturated heterocycles. The van der Waals surface area contributed by atoms with Crippen LogP contribution >= 0.6 is 0 Å². The first-order chi connectivity index (χ1) is 5.33. The lowest BCUT2D eigenvalue weighted by Gasteiger charge is -2.37. The van der Waals surface area contributed by atoms with E-state index in [1.807, 2.05) is 0 Å². The van der Waals surface area contributed by atoms with Gasteiger partial charge in [-0.05, 0) is 38.6 Å². The number of hydrogen-bond acceptors (Lipinski definition) is 1. The molecule has 0 aromatic carbocycles. The molecule has 0 radical (unpaired) electrons. The van der Waals surface area contributed by atoms with Crippen LogP contribution in [0.3, 0.4) is 0 Å². The third-order valence-electron chi connectivity index (χ3n) is 3.83. The summed E-state index contributed by atoms with van der Waals surface area (Å²) >= 11 is 0. The van der Waals surface area contributed by atoms with Gasteiger partial charge >= 0.3 is 0 Å². The van der Waals surface area contributed by atoms with E-state index in [0.717, 1.165) is 18.0 Å². The minimum absolute atomic E-state index is 0.943. The van der Waals surface area contributed by atoms with E-state index in [1.54, 1.807) is 0 Å². The zero-order chi connectivity index (χ0) is 7.84. The number of rotatable bonds is 1. The molecule has 0 saturated carbocycles. The summed E-state index contributed by atoms with van der Waals surface area (Å²) in [6, 6.07) is 1.89. The lowest BCUT2D eigenvalue weighted by Crippen LogP contribution is -2.41. The molecule has 2 bridgehead atoms. The van der Waals surface area contributed by atoms with Gasteiger partial charge in [0, 0.05) is 12.1 Å². The molecule has 0 aliphatic carbocycles. The first-order valence-corrected chi connectivity index (χ1v) is 5.05. The van der Waals surface area contributed by atoms with Crippen molar-refractivity contribution in [3.8, 4) is 0 Å². The smallest absolute Gasteiger partial charge is 0.0124 e. The van der Waals surface area contributed by atoms with Crippen molar-refractivity contribution in [2.75, 3.05) is 7.05 Å². The topological polar surface area (TPSA) is 3.24 Å². The van der Waals surface area contributed by atoms with Crippen molar-refractivity contribution in [3.05, 3.63) is 0 Å². The van der Waals surface area contributed by atoms with E-state index in [0.29, 0.717) is 0 Å². The van der Waals surface area contributed by atoms with Crippen LogP contribution in [0, 0.1) is 5.92 Å². The maximum absolute atomic E-state index is 2.64. The van der Waals surface area contributed by atoms with Gasteiger partial charge in [-0.2, -0.15) is 0 Å². The van der Waals surface area contributed by atoms with Crippen LogP contribution in [-0.4, -0.2) is 24.0 Å². The summed E-state index contributed by atoms with van der Waals surface area (Å²) < 4.78 is 0. The minimum Gasteiger partial charge on any atom is -0.300 e. The van der Waals surface area contributed by atoms with Crippen molar-refractivity contribution in [2.45, 2.75) is 51.1 Å². The Bertz CT molecular complexity index is 144. The Balaban J connectivity index is 2.08. The molecule has 1 heteroatoms. The Morgan fingerprint density at radius 1 is 1.18 bits per heavy atom. The zero-order valence-electron chi connectivity index (χ0n) is 7.71. The zero-order valence-corrected chi connectivity index (χ0v) is 7.71. The largest absolute Gasteiger partial charge is 0.300 e. The van der Waals surface area contributed by atoms with Gasteiger partial charge in [-0.15, -0.1) is 0 Å². The lowest BCUT2D eigenvalue weighted by atomic mass is 9.89. The van der Waals surface area contributed by atoms with Crippen LogP contribution in [0.1, 0.15) is 39.0 Å². The summed E-state index contributed by atoms with van der Waals surface area (Å²) in [5, 5.41) is 0. The fraction of sp³-hybridized carbons (Fsp3) is 1.00. The Morgan fingerprint density at radius 2 is 1.91 bits per heavy atom. The van der Waals surface area contributed by atoms with Crippen molar-refractivity contribution >= 4 is 0 Å². The van der Waals surface area contributed by atoms with Gasteiger partial charge in [0.1, 0.15) is 0 Å². The molecule has 0 spiro atoms. The van der Waals surface area contributed by atoms with E-state index in [-0.39, 0.29) is 0 Å². The van der Waals surface area contributed by atoms with Crippen LogP contribution in [0.25, 0.3) is 0 Å². The van der Waals surface area contributed by atoms with E-state index < -0.39 is 0 Å². The van der Waals surface area contributed by atoms with Crippen molar-refractivity contribution < 1.29 is 0 Å². The molecule has 3 atom stereocenters. The second kappa shape index (κ2) is 2.78. The highest BCUT2D eigenvalue weighted by atomic mass is 15.2. The normalized spacial score (nSPS) is 44.7. The predicted molar refractivity (Wildman–Crippen MR) is 47.6 cm³/mol. The maximum Gasteiger partial charge on any atom is 0.0124 e. The minimum atomic E-state index is 0.943. The van der Waals surface area contributed by atoms with Crippen molar-refractivity contribution in [1.29, 1.82) is 0 Å². The number of fused-ring (bicyclic) bond motifs is 2. The second-order valence-corrected chi connectivity index (χ2v) is 4.21. The standard InChI is InChI=1S/C10H19N/c1-3-8-4-5-9-6-7-10(8)11(9)2/h8-10H,3-7H2,1-2H3/t8?,9-,10-/m1/s1. The van der Waals surface area contributed by atoms with Crippen LogP contribution in [0.2, 0.25) is 0 Å². The van der Waals surface area contributed by atoms with Crippen LogP contribution in [0.5, 0.6) is 0 Å². The average molecular weight is 153 g/mol. The molecular weight excluding hydrogens is 134 g/mol. The van der Waals surface area contributed by atoms with Gasteiger partial charge in [-0.3, -0.25) is 0 Å². The Morgan fingerprint density at radius 3 is 2.64 bits per heavy atom. The summed E-state index contributed by atoms with van der Waals surface area (Å²) in [4.78, 5) is 2.64. The quantitative estimate of drug-likeness (QED) is 0.558. The highest BCUT2D eigenvalue weighted by Gasteiger charge is 2.38. The monoisotopic (exact) mass is 153 g/mol. The van der Waals surface area contributed by atoms with Crippen LogP contribution in [0.15, 0.2) is 0 Å². The van der Waals surface area contributed by atoms with E-state index in [4.69, 9.17) is 0 Å². The molecule has 11 heavy (non-hydrogen) atoms. The lowest BCUT2D eigenvalue weighted by molar-refractivity contribution is 0.118. The molecular formula is C10H19N. The maximum atomic E-state index is 2.64. The Hall–Kier alpha value is -0.0400. The molecule has 2 heterocycles. The van der Waals surface area contributed by atoms with Gasteiger partial charge < -0.3 is 4.90 Å². The number of piperidine rings is 1. The molecule has 2 fully saturated rings. The molecule has 2 aliphatic rings. The predicted octanol–water partition coefficient (Wildman–Crippen LogP) is 2.27. The highest BCUT2D eigenvalue weighted by molar-refractivity contribution is 4.93. The first kappa shape index (κ1) is 7.60. The highest BCUT2D eigenvalue weighted by Crippen LogP contribution is 2.38. The van der Waals surface area contributed by atoms with Crippen molar-refractivity contribution in [2.24, 2.45) is 5.92 Å². The second-order valence-electron chi connectivity index (χ2n) is 4.21. The average Bonchev–Trinajstić information content (AvgIpc) is 2.31. The van der Waals surface area contributed by atoms with Crippen LogP contribution in [-0.2, 0) is 0 Å². The molecule has 0 aromatic heterocycles. The van der Waals surface area contributed by atoms with E-state index >= 15 is 0 Å². The Labute approximate surface area is 69.8 Å². The molecule has 64 valence electrons. The first-order valence-electron chi connectivity index (χ1n) is 5.05. The molecule has 2 aliphatic heterocycles. The van der Waals surface area contributed by atoms with Gasteiger partial charge in [0.15, 0.2) is 0 Å². The summed E-state index contributed by atoms with van der Waals surface area (Å²) in [5.74, 6) is 1.01. The molecule has 1 nitrogen and oxygen atoms in total. The fourth-order valence-corrected chi connectivity index (χ4v) is 3.03. The third-order valence-corrected chi connectivity index (χ3v) is 3.83. The third kappa shape index (κ3) is 1.10. The van der Waals surface area contributed by atoms with Gasteiger partial charge in [0.2, 0.25) is 0 Å². The fourth-order valence-electron chi connectivity index (χ4n) is 3.03. The molecule has 0 aromatic rings. The van der Waals surface area contributed by atoms with Gasteiger partial charge in [-0.25, -0.2) is 0 Å². The van der Waals surface area contributed by atoms with E-state index in [9.17, 15) is 0 Å². The molecule has 1 unspecified atom stereocenters. The molecule has 2 rings (SSSR count). The van der Waals surface area contributed by atoms with Crippen LogP contribution < -0.4 is 0 Å². The van der Waals surface area contributed by atoms with Crippen molar-refractivity contribution in [3.63, 3.8) is 0 Å². The van der Waals surface area contributed by atoms with E-state index in [2.05, 4.69) is 18.9 Å². The van der Waals surface area contributed by atoms with Gasteiger partial charge in [-0.1, -0.05) is 13.3 Å². The summed E-state index contributed by atoms with van der Waals surface area (Å²) in [7, 11) is 2.32. The SMILES string of the molecule is CCC1CC[C@@H]2CC[C@H]1N2C. The number of hydrogen-bond donors (Lipinski definition) is 0. The number of nitrogens with zero attached hydrogens (tertiary/aromatic N) is 1. The summed E-state index contributed by atoms with van der Waals surface area (Å²) in [6.45, 7) is 2.34. The summed E-state index contributed by atoms with van der Waals surface area (Å²) in [5.41, 5.74) is 0. The molecule has 0 N–H and O–H groups in total. The van der Waals surface area contributed by atoms with Gasteiger partial charge in [0.25, 0.3) is 0 Å². The Kier molecular flexibility index (Phi) is 1.92. The van der Waals surface area contributed by atoms with Crippen molar-refractivity contribution in [1.82, 2.24) is 4.90 Å².